The summed E-state index contributed by atoms with van der Waals surface area (Å²) in [5, 5.41) is 6.80. The Labute approximate surface area is 243 Å². The second-order valence-corrected chi connectivity index (χ2v) is 10.6. The highest BCUT2D eigenvalue weighted by atomic mass is 79.9. The lowest BCUT2D eigenvalue weighted by Gasteiger charge is -2.09. The Morgan fingerprint density at radius 2 is 1.32 bits per heavy atom. The lowest BCUT2D eigenvalue weighted by molar-refractivity contribution is 0.0733. The van der Waals surface area contributed by atoms with E-state index in [4.69, 9.17) is 4.74 Å². The lowest BCUT2D eigenvalue weighted by Crippen LogP contribution is -2.18. The number of rotatable bonds is 7. The molecule has 0 aromatic heterocycles. The molecular weight excluding hydrogens is 682 g/mol. The molecule has 7 nitrogen and oxygen atoms in total. The van der Waals surface area contributed by atoms with Crippen molar-refractivity contribution in [3.63, 3.8) is 0 Å². The van der Waals surface area contributed by atoms with Crippen LogP contribution in [0.25, 0.3) is 0 Å². The summed E-state index contributed by atoms with van der Waals surface area (Å²) in [5.74, 6) is -1.03. The molecule has 10 heteroatoms. The van der Waals surface area contributed by atoms with Gasteiger partial charge >= 0.3 is 5.97 Å². The maximum atomic E-state index is 12.7. The number of halogens is 3. The van der Waals surface area contributed by atoms with Crippen molar-refractivity contribution < 1.29 is 19.1 Å². The number of benzene rings is 4. The number of nitrogens with one attached hydrogen (secondary N) is 2. The Balaban J connectivity index is 1.42. The zero-order chi connectivity index (χ0) is 27.1. The molecule has 4 aromatic carbocycles. The van der Waals surface area contributed by atoms with Gasteiger partial charge in [0.05, 0.1) is 11.8 Å². The Kier molecular flexibility index (Phi) is 9.22. The van der Waals surface area contributed by atoms with Gasteiger partial charge < -0.3 is 10.1 Å². The first-order valence-corrected chi connectivity index (χ1v) is 13.4. The van der Waals surface area contributed by atoms with E-state index in [1.54, 1.807) is 91.0 Å². The zero-order valence-corrected chi connectivity index (χ0v) is 24.2. The van der Waals surface area contributed by atoms with Crippen LogP contribution < -0.4 is 15.5 Å². The van der Waals surface area contributed by atoms with Crippen LogP contribution in [-0.2, 0) is 0 Å². The summed E-state index contributed by atoms with van der Waals surface area (Å²) in [6.45, 7) is 0. The van der Waals surface area contributed by atoms with E-state index >= 15 is 0 Å². The number of hydrazone groups is 1. The molecule has 0 unspecified atom stereocenters. The number of carbonyl (C=O) groups excluding carboxylic acids is 3. The van der Waals surface area contributed by atoms with Crippen LogP contribution >= 0.6 is 47.8 Å². The molecule has 4 rings (SSSR count). The molecule has 0 fully saturated rings. The summed E-state index contributed by atoms with van der Waals surface area (Å²) in [6.07, 6.45) is 1.38. The summed E-state index contributed by atoms with van der Waals surface area (Å²) in [6, 6.07) is 25.3. The molecule has 38 heavy (non-hydrogen) atoms. The van der Waals surface area contributed by atoms with Crippen molar-refractivity contribution in [3.8, 4) is 5.75 Å². The van der Waals surface area contributed by atoms with E-state index in [1.165, 1.54) is 6.21 Å². The van der Waals surface area contributed by atoms with Crippen LogP contribution in [0.2, 0.25) is 0 Å². The normalized spacial score (nSPS) is 10.7. The fourth-order valence-corrected chi connectivity index (χ4v) is 4.13. The number of nitrogens with zero attached hydrogens (tertiary/aromatic N) is 1. The predicted molar refractivity (Wildman–Crippen MR) is 157 cm³/mol. The summed E-state index contributed by atoms with van der Waals surface area (Å²) < 4.78 is 7.99. The van der Waals surface area contributed by atoms with Crippen LogP contribution in [0.1, 0.15) is 36.6 Å². The van der Waals surface area contributed by atoms with E-state index in [-0.39, 0.29) is 11.7 Å². The molecule has 0 aliphatic carbocycles. The molecule has 0 aliphatic heterocycles. The number of hydrogen-bond donors (Lipinski definition) is 2. The fraction of sp³-hybridized carbons (Fsp3) is 0. The highest BCUT2D eigenvalue weighted by molar-refractivity contribution is 9.11. The number of amides is 2. The van der Waals surface area contributed by atoms with Crippen LogP contribution in [0.3, 0.4) is 0 Å². The average molecular weight is 700 g/mol. The first-order chi connectivity index (χ1) is 18.3. The van der Waals surface area contributed by atoms with Crippen LogP contribution in [0, 0.1) is 0 Å². The first-order valence-electron chi connectivity index (χ1n) is 11.1. The first kappa shape index (κ1) is 27.4. The van der Waals surface area contributed by atoms with Crippen molar-refractivity contribution in [2.24, 2.45) is 5.10 Å². The van der Waals surface area contributed by atoms with E-state index < -0.39 is 11.9 Å². The third kappa shape index (κ3) is 7.47. The van der Waals surface area contributed by atoms with Crippen molar-refractivity contribution in [3.05, 3.63) is 127 Å². The molecule has 190 valence electrons. The quantitative estimate of drug-likeness (QED) is 0.0923. The van der Waals surface area contributed by atoms with Crippen molar-refractivity contribution in [1.82, 2.24) is 5.43 Å². The molecule has 4 aromatic rings. The summed E-state index contributed by atoms with van der Waals surface area (Å²) in [4.78, 5) is 37.7. The summed E-state index contributed by atoms with van der Waals surface area (Å²) >= 11 is 10.1. The van der Waals surface area contributed by atoms with Gasteiger partial charge in [0.15, 0.2) is 0 Å². The molecule has 2 amide bonds. The van der Waals surface area contributed by atoms with Gasteiger partial charge in [0.25, 0.3) is 11.8 Å². The van der Waals surface area contributed by atoms with Gasteiger partial charge in [0.2, 0.25) is 0 Å². The zero-order valence-electron chi connectivity index (χ0n) is 19.5. The highest BCUT2D eigenvalue weighted by Gasteiger charge is 2.13. The Bertz CT molecular complexity index is 1520. The van der Waals surface area contributed by atoms with Crippen molar-refractivity contribution in [2.45, 2.75) is 0 Å². The van der Waals surface area contributed by atoms with Gasteiger partial charge in [0, 0.05) is 35.8 Å². The second kappa shape index (κ2) is 12.8. The van der Waals surface area contributed by atoms with Gasteiger partial charge in [-0.05, 0) is 84.9 Å². The van der Waals surface area contributed by atoms with Crippen LogP contribution in [0.5, 0.6) is 5.75 Å². The van der Waals surface area contributed by atoms with Crippen molar-refractivity contribution in [1.29, 1.82) is 0 Å². The summed E-state index contributed by atoms with van der Waals surface area (Å²) in [5.41, 5.74) is 4.56. The van der Waals surface area contributed by atoms with Gasteiger partial charge in [-0.2, -0.15) is 5.10 Å². The molecule has 0 saturated heterocycles. The second-order valence-electron chi connectivity index (χ2n) is 7.82. The third-order valence-corrected chi connectivity index (χ3v) is 6.66. The topological polar surface area (TPSA) is 96.9 Å². The fourth-order valence-electron chi connectivity index (χ4n) is 3.23. The van der Waals surface area contributed by atoms with Crippen LogP contribution in [-0.4, -0.2) is 24.0 Å². The maximum absolute atomic E-state index is 12.7. The van der Waals surface area contributed by atoms with Gasteiger partial charge in [-0.25, -0.2) is 10.2 Å². The van der Waals surface area contributed by atoms with Gasteiger partial charge in [-0.1, -0.05) is 53.9 Å². The minimum atomic E-state index is -0.527. The van der Waals surface area contributed by atoms with Gasteiger partial charge in [0.1, 0.15) is 5.75 Å². The lowest BCUT2D eigenvalue weighted by atomic mass is 10.1. The highest BCUT2D eigenvalue weighted by Crippen LogP contribution is 2.23. The van der Waals surface area contributed by atoms with Crippen LogP contribution in [0.4, 0.5) is 5.69 Å². The van der Waals surface area contributed by atoms with E-state index in [0.717, 1.165) is 13.4 Å². The molecule has 0 aliphatic rings. The minimum Gasteiger partial charge on any atom is -0.422 e. The standard InChI is InChI=1S/C28H18Br3N3O4/c29-21-8-4-17(5-9-21)26(35)33-24-3-1-2-19(15-24)27(36)34-32-16-20-14-23(31)12-13-25(20)38-28(37)18-6-10-22(30)11-7-18/h1-16H,(H,33,35)(H,34,36). The van der Waals surface area contributed by atoms with E-state index in [1.807, 2.05) is 0 Å². The van der Waals surface area contributed by atoms with E-state index in [9.17, 15) is 14.4 Å². The molecule has 0 spiro atoms. The summed E-state index contributed by atoms with van der Waals surface area (Å²) in [7, 11) is 0. The molecule has 2 N–H and O–H groups in total. The van der Waals surface area contributed by atoms with E-state index in [0.29, 0.717) is 27.9 Å². The largest absolute Gasteiger partial charge is 0.422 e. The third-order valence-electron chi connectivity index (χ3n) is 5.11. The Hall–Kier alpha value is -3.60. The van der Waals surface area contributed by atoms with Crippen LogP contribution in [0.15, 0.2) is 110 Å². The molecule has 0 atom stereocenters. The number of ether oxygens (including phenoxy) is 1. The maximum Gasteiger partial charge on any atom is 0.343 e. The van der Waals surface area contributed by atoms with Gasteiger partial charge in [-0.15, -0.1) is 0 Å². The smallest absolute Gasteiger partial charge is 0.343 e. The van der Waals surface area contributed by atoms with Crippen molar-refractivity contribution in [2.75, 3.05) is 5.32 Å². The number of anilines is 1. The predicted octanol–water partition coefficient (Wildman–Crippen LogP) is 7.21. The minimum absolute atomic E-state index is 0.275. The molecular formula is C28H18Br3N3O4. The van der Waals surface area contributed by atoms with Gasteiger partial charge in [-0.3, -0.25) is 9.59 Å². The van der Waals surface area contributed by atoms with E-state index in [2.05, 4.69) is 63.6 Å². The molecule has 0 heterocycles. The number of esters is 1. The van der Waals surface area contributed by atoms with Crippen molar-refractivity contribution >= 4 is 77.5 Å². The number of hydrogen-bond acceptors (Lipinski definition) is 5. The SMILES string of the molecule is O=C(NN=Cc1cc(Br)ccc1OC(=O)c1ccc(Br)cc1)c1cccc(NC(=O)c2ccc(Br)cc2)c1. The monoisotopic (exact) mass is 697 g/mol. The molecule has 0 radical (unpaired) electrons. The molecule has 0 saturated carbocycles. The number of carbonyl (C=O) groups is 3. The Morgan fingerprint density at radius 1 is 0.684 bits per heavy atom. The average Bonchev–Trinajstić information content (AvgIpc) is 2.91. The Morgan fingerprint density at radius 3 is 2.00 bits per heavy atom. The molecule has 0 bridgehead atoms.